The predicted molar refractivity (Wildman–Crippen MR) is 101 cm³/mol. The van der Waals surface area contributed by atoms with Gasteiger partial charge in [0.1, 0.15) is 11.5 Å². The number of rotatable bonds is 8. The molecule has 130 valence electrons. The molecule has 2 rings (SSSR count). The zero-order valence-corrected chi connectivity index (χ0v) is 15.7. The molecular weight excluding hydrogens is 370 g/mol. The van der Waals surface area contributed by atoms with E-state index in [4.69, 9.17) is 9.15 Å². The van der Waals surface area contributed by atoms with E-state index < -0.39 is 0 Å². The summed E-state index contributed by atoms with van der Waals surface area (Å²) in [5.74, 6) is 2.70. The van der Waals surface area contributed by atoms with Crippen LogP contribution in [0, 0.1) is 0 Å². The van der Waals surface area contributed by atoms with Crippen LogP contribution in [0.25, 0.3) is 0 Å². The monoisotopic (exact) mass is 393 g/mol. The average Bonchev–Trinajstić information content (AvgIpc) is 3.11. The number of nitrogens with zero attached hydrogens (tertiary/aromatic N) is 1. The summed E-state index contributed by atoms with van der Waals surface area (Å²) in [6.45, 7) is 1.63. The van der Waals surface area contributed by atoms with E-state index in [1.54, 1.807) is 20.4 Å². The van der Waals surface area contributed by atoms with Crippen molar-refractivity contribution in [2.45, 2.75) is 19.3 Å². The van der Waals surface area contributed by atoms with Gasteiger partial charge >= 0.3 is 0 Å². The molecule has 0 aliphatic rings. The van der Waals surface area contributed by atoms with Crippen LogP contribution in [0.15, 0.2) is 50.5 Å². The molecule has 0 atom stereocenters. The highest BCUT2D eigenvalue weighted by Crippen LogP contribution is 2.24. The van der Waals surface area contributed by atoms with Gasteiger partial charge in [-0.2, -0.15) is 0 Å². The van der Waals surface area contributed by atoms with Crippen molar-refractivity contribution >= 4 is 21.9 Å². The van der Waals surface area contributed by atoms with Gasteiger partial charge in [0.25, 0.3) is 0 Å². The molecule has 1 heterocycles. The van der Waals surface area contributed by atoms with Crippen molar-refractivity contribution < 1.29 is 9.15 Å². The molecule has 0 spiro atoms. The quantitative estimate of drug-likeness (QED) is 0.410. The Labute approximate surface area is 151 Å². The first-order valence-electron chi connectivity index (χ1n) is 8.02. The van der Waals surface area contributed by atoms with Gasteiger partial charge in [-0.15, -0.1) is 0 Å². The van der Waals surface area contributed by atoms with E-state index in [1.807, 2.05) is 24.3 Å². The number of furan rings is 1. The van der Waals surface area contributed by atoms with Crippen molar-refractivity contribution in [3.05, 3.63) is 52.4 Å². The number of methoxy groups -OCH3 is 1. The molecule has 2 aromatic rings. The zero-order valence-electron chi connectivity index (χ0n) is 14.1. The normalized spacial score (nSPS) is 11.4. The average molecular weight is 394 g/mol. The lowest BCUT2D eigenvalue weighted by Gasteiger charge is -2.12. The Hall–Kier alpha value is -1.95. The van der Waals surface area contributed by atoms with Crippen LogP contribution >= 0.6 is 15.9 Å². The number of hydrogen-bond donors (Lipinski definition) is 2. The van der Waals surface area contributed by atoms with Crippen LogP contribution < -0.4 is 15.4 Å². The van der Waals surface area contributed by atoms with Crippen LogP contribution in [0.1, 0.15) is 17.7 Å². The van der Waals surface area contributed by atoms with Crippen LogP contribution in [0.4, 0.5) is 0 Å². The third kappa shape index (κ3) is 5.92. The number of hydrogen-bond acceptors (Lipinski definition) is 3. The van der Waals surface area contributed by atoms with Gasteiger partial charge in [0.05, 0.1) is 13.4 Å². The second-order valence-electron chi connectivity index (χ2n) is 5.31. The van der Waals surface area contributed by atoms with Gasteiger partial charge in [0.2, 0.25) is 0 Å². The van der Waals surface area contributed by atoms with Crippen molar-refractivity contribution in [2.75, 3.05) is 27.2 Å². The van der Waals surface area contributed by atoms with Crippen molar-refractivity contribution in [1.29, 1.82) is 0 Å². The Morgan fingerprint density at radius 1 is 1.21 bits per heavy atom. The Morgan fingerprint density at radius 3 is 2.75 bits per heavy atom. The molecule has 0 amide bonds. The highest BCUT2D eigenvalue weighted by atomic mass is 79.9. The highest BCUT2D eigenvalue weighted by Gasteiger charge is 2.04. The molecule has 5 nitrogen and oxygen atoms in total. The number of halogens is 1. The maximum atomic E-state index is 5.42. The van der Waals surface area contributed by atoms with Gasteiger partial charge in [-0.3, -0.25) is 4.99 Å². The van der Waals surface area contributed by atoms with E-state index in [2.05, 4.69) is 37.6 Å². The Kier molecular flexibility index (Phi) is 7.68. The van der Waals surface area contributed by atoms with E-state index >= 15 is 0 Å². The molecule has 0 fully saturated rings. The van der Waals surface area contributed by atoms with Crippen molar-refractivity contribution in [1.82, 2.24) is 10.6 Å². The molecule has 2 N–H and O–H groups in total. The van der Waals surface area contributed by atoms with Gasteiger partial charge < -0.3 is 19.8 Å². The highest BCUT2D eigenvalue weighted by molar-refractivity contribution is 9.10. The molecule has 0 unspecified atom stereocenters. The minimum Gasteiger partial charge on any atom is -0.496 e. The first kappa shape index (κ1) is 18.4. The number of aliphatic imine (C=N–C) groups is 1. The van der Waals surface area contributed by atoms with Gasteiger partial charge in [0.15, 0.2) is 5.96 Å². The predicted octanol–water partition coefficient (Wildman–Crippen LogP) is 3.39. The molecule has 0 saturated carbocycles. The number of aryl methyl sites for hydroxylation is 1. The third-order valence-electron chi connectivity index (χ3n) is 3.63. The molecule has 0 bridgehead atoms. The summed E-state index contributed by atoms with van der Waals surface area (Å²) < 4.78 is 11.8. The lowest BCUT2D eigenvalue weighted by atomic mass is 10.1. The topological polar surface area (TPSA) is 58.8 Å². The van der Waals surface area contributed by atoms with E-state index in [1.165, 1.54) is 5.56 Å². The summed E-state index contributed by atoms with van der Waals surface area (Å²) in [4.78, 5) is 4.23. The maximum absolute atomic E-state index is 5.42. The summed E-state index contributed by atoms with van der Waals surface area (Å²) in [5.41, 5.74) is 1.21. The van der Waals surface area contributed by atoms with Gasteiger partial charge in [-0.25, -0.2) is 0 Å². The molecule has 1 aromatic heterocycles. The maximum Gasteiger partial charge on any atom is 0.190 e. The number of guanidine groups is 1. The molecule has 0 aliphatic heterocycles. The fraction of sp³-hybridized carbons (Fsp3) is 0.389. The van der Waals surface area contributed by atoms with Crippen LogP contribution in [-0.4, -0.2) is 33.2 Å². The zero-order chi connectivity index (χ0) is 17.2. The van der Waals surface area contributed by atoms with Crippen molar-refractivity contribution in [2.24, 2.45) is 4.99 Å². The summed E-state index contributed by atoms with van der Waals surface area (Å²) in [7, 11) is 3.48. The Morgan fingerprint density at radius 2 is 2.04 bits per heavy atom. The third-order valence-corrected chi connectivity index (χ3v) is 4.13. The van der Waals surface area contributed by atoms with Gasteiger partial charge in [-0.05, 0) is 42.7 Å². The molecule has 0 aliphatic carbocycles. The summed E-state index contributed by atoms with van der Waals surface area (Å²) in [6, 6.07) is 10.0. The fourth-order valence-electron chi connectivity index (χ4n) is 2.39. The summed E-state index contributed by atoms with van der Waals surface area (Å²) >= 11 is 3.46. The first-order chi connectivity index (χ1) is 11.7. The summed E-state index contributed by atoms with van der Waals surface area (Å²) in [6.07, 6.45) is 4.48. The van der Waals surface area contributed by atoms with E-state index in [9.17, 15) is 0 Å². The minimum absolute atomic E-state index is 0.785. The number of benzene rings is 1. The molecule has 0 radical (unpaired) electrons. The smallest absolute Gasteiger partial charge is 0.190 e. The SMILES string of the molecule is CN=C(NCCCc1ccc(Br)cc1OC)NCCc1ccco1. The molecule has 6 heteroatoms. The van der Waals surface area contributed by atoms with Crippen LogP contribution in [-0.2, 0) is 12.8 Å². The van der Waals surface area contributed by atoms with E-state index in [-0.39, 0.29) is 0 Å². The fourth-order valence-corrected chi connectivity index (χ4v) is 2.73. The first-order valence-corrected chi connectivity index (χ1v) is 8.81. The van der Waals surface area contributed by atoms with Crippen molar-refractivity contribution in [3.8, 4) is 5.75 Å². The number of nitrogens with one attached hydrogen (secondary N) is 2. The van der Waals surface area contributed by atoms with Crippen LogP contribution in [0.5, 0.6) is 5.75 Å². The molecular formula is C18H24BrN3O2. The van der Waals surface area contributed by atoms with Gasteiger partial charge in [0, 0.05) is 31.0 Å². The standard InChI is InChI=1S/C18H24BrN3O2/c1-20-18(22-11-9-16-6-4-12-24-16)21-10-3-5-14-7-8-15(19)13-17(14)23-2/h4,6-8,12-13H,3,5,9-11H2,1-2H3,(H2,20,21,22). The molecule has 1 aromatic carbocycles. The molecule has 0 saturated heterocycles. The van der Waals surface area contributed by atoms with Crippen molar-refractivity contribution in [3.63, 3.8) is 0 Å². The second-order valence-corrected chi connectivity index (χ2v) is 6.23. The minimum atomic E-state index is 0.785. The summed E-state index contributed by atoms with van der Waals surface area (Å²) in [5, 5.41) is 6.61. The number of ether oxygens (including phenoxy) is 1. The van der Waals surface area contributed by atoms with Crippen LogP contribution in [0.2, 0.25) is 0 Å². The largest absolute Gasteiger partial charge is 0.496 e. The second kappa shape index (κ2) is 10.0. The van der Waals surface area contributed by atoms with E-state index in [0.717, 1.165) is 54.3 Å². The Balaban J connectivity index is 1.68. The molecule has 24 heavy (non-hydrogen) atoms. The van der Waals surface area contributed by atoms with Crippen LogP contribution in [0.3, 0.4) is 0 Å². The van der Waals surface area contributed by atoms with E-state index in [0.29, 0.717) is 0 Å². The van der Waals surface area contributed by atoms with Gasteiger partial charge in [-0.1, -0.05) is 22.0 Å². The Bertz CT molecular complexity index is 642. The lowest BCUT2D eigenvalue weighted by Crippen LogP contribution is -2.38. The lowest BCUT2D eigenvalue weighted by molar-refractivity contribution is 0.409.